The minimum absolute atomic E-state index is 0.298. The molecule has 0 fully saturated rings. The molecule has 68 valence electrons. The van der Waals surface area contributed by atoms with E-state index in [-0.39, 0.29) is 0 Å². The Kier molecular flexibility index (Phi) is 2.20. The number of imidazole rings is 1. The fourth-order valence-corrected chi connectivity index (χ4v) is 1.08. The van der Waals surface area contributed by atoms with Crippen LogP contribution >= 0.6 is 0 Å². The molecule has 5 nitrogen and oxygen atoms in total. The van der Waals surface area contributed by atoms with Crippen LogP contribution in [0.15, 0.2) is 18.3 Å². The van der Waals surface area contributed by atoms with E-state index in [1.165, 1.54) is 7.11 Å². The molecule has 0 saturated carbocycles. The predicted molar refractivity (Wildman–Crippen MR) is 45.7 cm³/mol. The molecule has 0 atom stereocenters. The monoisotopic (exact) mass is 179 g/mol. The molecule has 0 aliphatic rings. The predicted octanol–water partition coefficient (Wildman–Crippen LogP) is 1.04. The Labute approximate surface area is 74.6 Å². The summed E-state index contributed by atoms with van der Waals surface area (Å²) < 4.78 is 0. The highest BCUT2D eigenvalue weighted by Crippen LogP contribution is 2.07. The summed E-state index contributed by atoms with van der Waals surface area (Å²) in [7, 11) is 1.46. The molecule has 1 N–H and O–H groups in total. The smallest absolute Gasteiger partial charge is 0.177 e. The molecule has 0 bridgehead atoms. The first-order chi connectivity index (χ1) is 6.40. The van der Waals surface area contributed by atoms with Crippen molar-refractivity contribution in [3.63, 3.8) is 0 Å². The normalized spacial score (nSPS) is 10.8. The first-order valence-electron chi connectivity index (χ1n) is 3.85. The molecule has 5 heteroatoms. The van der Waals surface area contributed by atoms with E-state index in [9.17, 15) is 0 Å². The highest BCUT2D eigenvalue weighted by molar-refractivity contribution is 5.69. The van der Waals surface area contributed by atoms with Gasteiger partial charge in [-0.25, -0.2) is 19.7 Å². The van der Waals surface area contributed by atoms with E-state index in [1.54, 1.807) is 6.20 Å². The average Bonchev–Trinajstić information content (AvgIpc) is 2.57. The van der Waals surface area contributed by atoms with Crippen molar-refractivity contribution in [3.05, 3.63) is 24.2 Å². The van der Waals surface area contributed by atoms with E-state index in [1.807, 2.05) is 12.1 Å². The van der Waals surface area contributed by atoms with Crippen LogP contribution in [0.4, 0.5) is 0 Å². The van der Waals surface area contributed by atoms with Gasteiger partial charge in [-0.05, 0) is 12.1 Å². The molecule has 2 heterocycles. The summed E-state index contributed by atoms with van der Waals surface area (Å²) in [6, 6.07) is 3.76. The molecule has 0 aliphatic heterocycles. The second-order valence-corrected chi connectivity index (χ2v) is 2.49. The van der Waals surface area contributed by atoms with Gasteiger partial charge in [0.2, 0.25) is 0 Å². The number of pyridine rings is 1. The largest absolute Gasteiger partial charge is 0.339 e. The van der Waals surface area contributed by atoms with E-state index in [4.69, 9.17) is 4.89 Å². The summed E-state index contributed by atoms with van der Waals surface area (Å²) in [5, 5.41) is 0. The Morgan fingerprint density at radius 2 is 2.46 bits per heavy atom. The Balaban J connectivity index is 2.28. The van der Waals surface area contributed by atoms with Gasteiger partial charge in [-0.15, -0.1) is 0 Å². The van der Waals surface area contributed by atoms with Crippen molar-refractivity contribution in [1.82, 2.24) is 15.0 Å². The first-order valence-corrected chi connectivity index (χ1v) is 3.85. The van der Waals surface area contributed by atoms with E-state index >= 15 is 0 Å². The van der Waals surface area contributed by atoms with Crippen LogP contribution in [0, 0.1) is 0 Å². The maximum absolute atomic E-state index is 4.73. The minimum atomic E-state index is 0.298. The summed E-state index contributed by atoms with van der Waals surface area (Å²) in [4.78, 5) is 20.5. The van der Waals surface area contributed by atoms with Crippen molar-refractivity contribution >= 4 is 11.2 Å². The quantitative estimate of drug-likeness (QED) is 0.564. The third-order valence-electron chi connectivity index (χ3n) is 1.62. The Morgan fingerprint density at radius 1 is 1.54 bits per heavy atom. The third-order valence-corrected chi connectivity index (χ3v) is 1.62. The topological polar surface area (TPSA) is 60.0 Å². The lowest BCUT2D eigenvalue weighted by atomic mass is 10.4. The number of nitrogens with zero attached hydrogens (tertiary/aromatic N) is 2. The van der Waals surface area contributed by atoms with Crippen LogP contribution < -0.4 is 0 Å². The fraction of sp³-hybridized carbons (Fsp3) is 0.250. The fourth-order valence-electron chi connectivity index (χ4n) is 1.08. The van der Waals surface area contributed by atoms with Crippen LogP contribution in [0.1, 0.15) is 5.82 Å². The summed E-state index contributed by atoms with van der Waals surface area (Å²) in [6.45, 7) is 0.298. The van der Waals surface area contributed by atoms with Gasteiger partial charge in [0.15, 0.2) is 5.65 Å². The van der Waals surface area contributed by atoms with Crippen molar-refractivity contribution in [2.24, 2.45) is 0 Å². The molecular weight excluding hydrogens is 170 g/mol. The lowest BCUT2D eigenvalue weighted by molar-refractivity contribution is -0.283. The zero-order valence-electron chi connectivity index (χ0n) is 7.15. The number of nitrogens with one attached hydrogen (secondary N) is 1. The van der Waals surface area contributed by atoms with Gasteiger partial charge in [-0.1, -0.05) is 0 Å². The molecule has 2 aromatic rings. The number of rotatable bonds is 3. The van der Waals surface area contributed by atoms with E-state index < -0.39 is 0 Å². The average molecular weight is 179 g/mol. The zero-order valence-corrected chi connectivity index (χ0v) is 7.15. The molecule has 13 heavy (non-hydrogen) atoms. The van der Waals surface area contributed by atoms with Crippen LogP contribution in [-0.4, -0.2) is 22.1 Å². The van der Waals surface area contributed by atoms with Crippen molar-refractivity contribution in [3.8, 4) is 0 Å². The van der Waals surface area contributed by atoms with Gasteiger partial charge in [0.1, 0.15) is 12.4 Å². The van der Waals surface area contributed by atoms with Crippen molar-refractivity contribution in [2.45, 2.75) is 6.61 Å². The highest BCUT2D eigenvalue weighted by Gasteiger charge is 2.02. The zero-order chi connectivity index (χ0) is 9.10. The highest BCUT2D eigenvalue weighted by atomic mass is 17.2. The number of fused-ring (bicyclic) bond motifs is 1. The lowest BCUT2D eigenvalue weighted by Crippen LogP contribution is -1.92. The molecule has 0 amide bonds. The van der Waals surface area contributed by atoms with Crippen LogP contribution in [0.25, 0.3) is 11.2 Å². The number of H-pyrrole nitrogens is 1. The number of hydrogen-bond donors (Lipinski definition) is 1. The molecule has 0 unspecified atom stereocenters. The van der Waals surface area contributed by atoms with Gasteiger partial charge < -0.3 is 4.98 Å². The van der Waals surface area contributed by atoms with E-state index in [0.29, 0.717) is 18.1 Å². The van der Waals surface area contributed by atoms with Crippen LogP contribution in [0.5, 0.6) is 0 Å². The summed E-state index contributed by atoms with van der Waals surface area (Å²) in [6.07, 6.45) is 1.70. The van der Waals surface area contributed by atoms with Crippen molar-refractivity contribution < 1.29 is 9.78 Å². The SMILES string of the molecule is COOCc1nc2ncccc2[nH]1. The van der Waals surface area contributed by atoms with Gasteiger partial charge in [-0.2, -0.15) is 0 Å². The maximum atomic E-state index is 4.73. The molecule has 0 spiro atoms. The van der Waals surface area contributed by atoms with Gasteiger partial charge in [-0.3, -0.25) is 0 Å². The Morgan fingerprint density at radius 3 is 3.23 bits per heavy atom. The Hall–Kier alpha value is -1.46. The van der Waals surface area contributed by atoms with Gasteiger partial charge in [0, 0.05) is 6.20 Å². The molecule has 0 radical (unpaired) electrons. The van der Waals surface area contributed by atoms with Gasteiger partial charge in [0.25, 0.3) is 0 Å². The maximum Gasteiger partial charge on any atom is 0.177 e. The molecular formula is C8H9N3O2. The molecule has 2 rings (SSSR count). The van der Waals surface area contributed by atoms with Crippen molar-refractivity contribution in [2.75, 3.05) is 7.11 Å². The second kappa shape index (κ2) is 3.51. The number of aromatic amines is 1. The first kappa shape index (κ1) is 8.15. The number of aromatic nitrogens is 3. The summed E-state index contributed by atoms with van der Waals surface area (Å²) in [5.74, 6) is 0.704. The third kappa shape index (κ3) is 1.66. The molecule has 0 aromatic carbocycles. The molecule has 2 aromatic heterocycles. The van der Waals surface area contributed by atoms with Gasteiger partial charge in [0.05, 0.1) is 12.6 Å². The second-order valence-electron chi connectivity index (χ2n) is 2.49. The Bertz CT molecular complexity index is 366. The van der Waals surface area contributed by atoms with Crippen LogP contribution in [-0.2, 0) is 16.4 Å². The van der Waals surface area contributed by atoms with Gasteiger partial charge >= 0.3 is 0 Å². The molecule has 0 aliphatic carbocycles. The standard InChI is InChI=1S/C8H9N3O2/c1-12-13-5-7-10-6-3-2-4-9-8(6)11-7/h2-4H,5H2,1H3,(H,9,10,11). The number of hydrogen-bond acceptors (Lipinski definition) is 4. The summed E-state index contributed by atoms with van der Waals surface area (Å²) in [5.41, 5.74) is 1.59. The van der Waals surface area contributed by atoms with Crippen molar-refractivity contribution in [1.29, 1.82) is 0 Å². The van der Waals surface area contributed by atoms with E-state index in [0.717, 1.165) is 5.52 Å². The summed E-state index contributed by atoms with van der Waals surface area (Å²) >= 11 is 0. The van der Waals surface area contributed by atoms with Crippen LogP contribution in [0.2, 0.25) is 0 Å². The molecule has 0 saturated heterocycles. The lowest BCUT2D eigenvalue weighted by Gasteiger charge is -1.93. The van der Waals surface area contributed by atoms with Crippen LogP contribution in [0.3, 0.4) is 0 Å². The minimum Gasteiger partial charge on any atom is -0.339 e. The van der Waals surface area contributed by atoms with E-state index in [2.05, 4.69) is 19.8 Å².